The van der Waals surface area contributed by atoms with Crippen LogP contribution in [0.4, 0.5) is 17.8 Å². The summed E-state index contributed by atoms with van der Waals surface area (Å²) in [6.45, 7) is 7.55. The Bertz CT molecular complexity index is 563. The van der Waals surface area contributed by atoms with E-state index in [4.69, 9.17) is 15.0 Å². The van der Waals surface area contributed by atoms with Crippen molar-refractivity contribution in [3.63, 3.8) is 0 Å². The van der Waals surface area contributed by atoms with Gasteiger partial charge in [-0.3, -0.25) is 0 Å². The molecule has 1 saturated heterocycles. The number of likely N-dealkylation sites (N-methyl/N-ethyl adjacent to an activating group) is 1. The van der Waals surface area contributed by atoms with Crippen molar-refractivity contribution >= 4 is 17.8 Å². The molecular weight excluding hydrogens is 290 g/mol. The first-order valence-corrected chi connectivity index (χ1v) is 8.29. The van der Waals surface area contributed by atoms with E-state index < -0.39 is 0 Å². The van der Waals surface area contributed by atoms with Gasteiger partial charge in [0.2, 0.25) is 17.8 Å². The van der Waals surface area contributed by atoms with Gasteiger partial charge in [0.1, 0.15) is 0 Å². The summed E-state index contributed by atoms with van der Waals surface area (Å²) in [5, 5.41) is 0. The summed E-state index contributed by atoms with van der Waals surface area (Å²) in [6, 6.07) is 0. The highest BCUT2D eigenvalue weighted by Crippen LogP contribution is 2.22. The van der Waals surface area contributed by atoms with Crippen molar-refractivity contribution in [2.75, 3.05) is 74.1 Å². The number of nitrogens with zero attached hydrogens (tertiary/aromatic N) is 7. The Morgan fingerprint density at radius 1 is 0.609 bits per heavy atom. The molecule has 7 heteroatoms. The molecule has 0 atom stereocenters. The second-order valence-electron chi connectivity index (χ2n) is 6.28. The van der Waals surface area contributed by atoms with Crippen LogP contribution in [-0.2, 0) is 0 Å². The highest BCUT2D eigenvalue weighted by atomic mass is 15.4. The number of piperazine rings is 1. The predicted molar refractivity (Wildman–Crippen MR) is 92.2 cm³/mol. The maximum atomic E-state index is 4.76. The number of aromatic nitrogens is 3. The van der Waals surface area contributed by atoms with E-state index >= 15 is 0 Å². The highest BCUT2D eigenvalue weighted by Gasteiger charge is 2.22. The maximum Gasteiger partial charge on any atom is 0.232 e. The van der Waals surface area contributed by atoms with Gasteiger partial charge in [-0.1, -0.05) is 24.3 Å². The molecule has 0 aromatic carbocycles. The molecule has 1 fully saturated rings. The van der Waals surface area contributed by atoms with Crippen LogP contribution in [0.5, 0.6) is 0 Å². The average Bonchev–Trinajstić information content (AvgIpc) is 3.29. The molecule has 0 amide bonds. The zero-order chi connectivity index (χ0) is 15.6. The summed E-state index contributed by atoms with van der Waals surface area (Å²) in [4.78, 5) is 23.2. The smallest absolute Gasteiger partial charge is 0.232 e. The molecule has 0 spiro atoms. The average molecular weight is 313 g/mol. The minimum Gasteiger partial charge on any atom is -0.338 e. The standard InChI is InChI=1S/C16H23N7/c1-20-10-12-23(13-11-20)16-18-14(21-6-2-3-7-21)17-15(19-16)22-8-4-5-9-22/h2-5H,6-13H2,1H3. The van der Waals surface area contributed by atoms with Crippen LogP contribution >= 0.6 is 0 Å². The fraction of sp³-hybridized carbons (Fsp3) is 0.562. The molecule has 0 unspecified atom stereocenters. The summed E-state index contributed by atoms with van der Waals surface area (Å²) in [5.41, 5.74) is 0. The molecule has 4 rings (SSSR count). The van der Waals surface area contributed by atoms with Crippen LogP contribution in [0.1, 0.15) is 0 Å². The Hall–Kier alpha value is -2.15. The van der Waals surface area contributed by atoms with Crippen molar-refractivity contribution < 1.29 is 0 Å². The number of anilines is 3. The molecule has 3 aliphatic rings. The minimum atomic E-state index is 0.792. The zero-order valence-electron chi connectivity index (χ0n) is 13.6. The Kier molecular flexibility index (Phi) is 3.87. The van der Waals surface area contributed by atoms with E-state index in [9.17, 15) is 0 Å². The zero-order valence-corrected chi connectivity index (χ0v) is 13.6. The number of rotatable bonds is 3. The molecule has 3 aliphatic heterocycles. The molecular formula is C16H23N7. The van der Waals surface area contributed by atoms with Gasteiger partial charge in [0, 0.05) is 52.4 Å². The molecule has 23 heavy (non-hydrogen) atoms. The third-order valence-corrected chi connectivity index (χ3v) is 4.59. The Balaban J connectivity index is 1.63. The highest BCUT2D eigenvalue weighted by molar-refractivity contribution is 5.49. The predicted octanol–water partition coefficient (Wildman–Crippen LogP) is 0.376. The molecule has 0 N–H and O–H groups in total. The van der Waals surface area contributed by atoms with Gasteiger partial charge >= 0.3 is 0 Å². The van der Waals surface area contributed by atoms with Crippen LogP contribution in [0.2, 0.25) is 0 Å². The van der Waals surface area contributed by atoms with E-state index in [0.717, 1.165) is 70.2 Å². The number of hydrogen-bond donors (Lipinski definition) is 0. The van der Waals surface area contributed by atoms with Crippen molar-refractivity contribution in [3.05, 3.63) is 24.3 Å². The third-order valence-electron chi connectivity index (χ3n) is 4.59. The fourth-order valence-corrected chi connectivity index (χ4v) is 3.06. The molecule has 7 nitrogen and oxygen atoms in total. The van der Waals surface area contributed by atoms with Crippen molar-refractivity contribution in [1.29, 1.82) is 0 Å². The second kappa shape index (κ2) is 6.16. The van der Waals surface area contributed by atoms with Crippen molar-refractivity contribution in [3.8, 4) is 0 Å². The summed E-state index contributed by atoms with van der Waals surface area (Å²) in [7, 11) is 2.16. The fourth-order valence-electron chi connectivity index (χ4n) is 3.06. The summed E-state index contributed by atoms with van der Waals surface area (Å²) >= 11 is 0. The van der Waals surface area contributed by atoms with E-state index in [-0.39, 0.29) is 0 Å². The van der Waals surface area contributed by atoms with E-state index in [2.05, 4.69) is 51.0 Å². The van der Waals surface area contributed by atoms with Crippen LogP contribution in [0.3, 0.4) is 0 Å². The third kappa shape index (κ3) is 3.01. The van der Waals surface area contributed by atoms with Gasteiger partial charge in [0.05, 0.1) is 0 Å². The number of hydrogen-bond acceptors (Lipinski definition) is 7. The van der Waals surface area contributed by atoms with E-state index in [1.807, 2.05) is 0 Å². The summed E-state index contributed by atoms with van der Waals surface area (Å²) in [6.07, 6.45) is 8.65. The minimum absolute atomic E-state index is 0.792. The lowest BCUT2D eigenvalue weighted by molar-refractivity contribution is 0.311. The molecule has 0 saturated carbocycles. The molecule has 0 aliphatic carbocycles. The first-order valence-electron chi connectivity index (χ1n) is 8.29. The van der Waals surface area contributed by atoms with Crippen molar-refractivity contribution in [2.24, 2.45) is 0 Å². The van der Waals surface area contributed by atoms with Gasteiger partial charge in [0.25, 0.3) is 0 Å². The van der Waals surface area contributed by atoms with Crippen LogP contribution in [0.25, 0.3) is 0 Å². The monoisotopic (exact) mass is 313 g/mol. The topological polar surface area (TPSA) is 51.6 Å². The normalized spacial score (nSPS) is 21.7. The van der Waals surface area contributed by atoms with Crippen LogP contribution < -0.4 is 14.7 Å². The molecule has 1 aromatic heterocycles. The molecule has 122 valence electrons. The van der Waals surface area contributed by atoms with Crippen LogP contribution in [-0.4, -0.2) is 79.3 Å². The van der Waals surface area contributed by atoms with Gasteiger partial charge in [-0.25, -0.2) is 0 Å². The first-order chi connectivity index (χ1) is 11.3. The molecule has 1 aromatic rings. The Morgan fingerprint density at radius 3 is 1.43 bits per heavy atom. The first kappa shape index (κ1) is 14.4. The van der Waals surface area contributed by atoms with Gasteiger partial charge in [0.15, 0.2) is 0 Å². The largest absolute Gasteiger partial charge is 0.338 e. The molecule has 0 bridgehead atoms. The summed E-state index contributed by atoms with van der Waals surface area (Å²) in [5.74, 6) is 2.40. The van der Waals surface area contributed by atoms with E-state index in [1.165, 1.54) is 0 Å². The van der Waals surface area contributed by atoms with Gasteiger partial charge in [-0.05, 0) is 7.05 Å². The maximum absolute atomic E-state index is 4.76. The van der Waals surface area contributed by atoms with Gasteiger partial charge < -0.3 is 19.6 Å². The van der Waals surface area contributed by atoms with Crippen molar-refractivity contribution in [2.45, 2.75) is 0 Å². The van der Waals surface area contributed by atoms with E-state index in [0.29, 0.717) is 0 Å². The lowest BCUT2D eigenvalue weighted by Crippen LogP contribution is -2.45. The summed E-state index contributed by atoms with van der Waals surface area (Å²) < 4.78 is 0. The molecule has 0 radical (unpaired) electrons. The van der Waals surface area contributed by atoms with Crippen molar-refractivity contribution in [1.82, 2.24) is 19.9 Å². The lowest BCUT2D eigenvalue weighted by atomic mass is 10.3. The molecule has 4 heterocycles. The quantitative estimate of drug-likeness (QED) is 0.748. The lowest BCUT2D eigenvalue weighted by Gasteiger charge is -2.33. The second-order valence-corrected chi connectivity index (χ2v) is 6.28. The van der Waals surface area contributed by atoms with Crippen LogP contribution in [0.15, 0.2) is 24.3 Å². The Morgan fingerprint density at radius 2 is 1.00 bits per heavy atom. The van der Waals surface area contributed by atoms with Gasteiger partial charge in [-0.15, -0.1) is 0 Å². The van der Waals surface area contributed by atoms with E-state index in [1.54, 1.807) is 0 Å². The Labute approximate surface area is 136 Å². The van der Waals surface area contributed by atoms with Gasteiger partial charge in [-0.2, -0.15) is 15.0 Å². The SMILES string of the molecule is CN1CCN(c2nc(N3CC=CC3)nc(N3CC=CC3)n2)CC1. The van der Waals surface area contributed by atoms with Crippen LogP contribution in [0, 0.1) is 0 Å².